The third-order valence-corrected chi connectivity index (χ3v) is 6.82. The number of nitrogens with zero attached hydrogens (tertiary/aromatic N) is 2. The maximum atomic E-state index is 12.6. The number of aryl methyl sites for hydroxylation is 1. The monoisotopic (exact) mass is 446 g/mol. The van der Waals surface area contributed by atoms with Crippen LogP contribution in [-0.4, -0.2) is 41.3 Å². The first kappa shape index (κ1) is 21.4. The molecule has 170 valence electrons. The summed E-state index contributed by atoms with van der Waals surface area (Å²) in [6, 6.07) is 15.0. The summed E-state index contributed by atoms with van der Waals surface area (Å²) < 4.78 is 12.5. The van der Waals surface area contributed by atoms with E-state index in [-0.39, 0.29) is 17.2 Å². The van der Waals surface area contributed by atoms with Gasteiger partial charge >= 0.3 is 5.76 Å². The van der Waals surface area contributed by atoms with Crippen molar-refractivity contribution in [1.29, 1.82) is 5.26 Å². The molecule has 8 heteroatoms. The van der Waals surface area contributed by atoms with Crippen LogP contribution in [0.25, 0.3) is 22.2 Å². The summed E-state index contributed by atoms with van der Waals surface area (Å²) in [4.78, 5) is 24.3. The van der Waals surface area contributed by atoms with Crippen molar-refractivity contribution < 1.29 is 13.9 Å². The van der Waals surface area contributed by atoms with Crippen molar-refractivity contribution in [3.8, 4) is 17.2 Å². The van der Waals surface area contributed by atoms with E-state index in [1.165, 1.54) is 11.0 Å². The molecule has 2 atom stereocenters. The summed E-state index contributed by atoms with van der Waals surface area (Å²) in [6.45, 7) is 1.02. The second kappa shape index (κ2) is 8.50. The number of amides is 1. The average Bonchev–Trinajstić information content (AvgIpc) is 3.11. The van der Waals surface area contributed by atoms with Gasteiger partial charge in [0.2, 0.25) is 0 Å². The Morgan fingerprint density at radius 2 is 2.03 bits per heavy atom. The van der Waals surface area contributed by atoms with E-state index in [9.17, 15) is 14.9 Å². The van der Waals surface area contributed by atoms with Crippen LogP contribution in [-0.2, 0) is 23.0 Å². The Morgan fingerprint density at radius 3 is 2.67 bits per heavy atom. The van der Waals surface area contributed by atoms with Gasteiger partial charge in [-0.15, -0.1) is 0 Å². The van der Waals surface area contributed by atoms with Gasteiger partial charge in [-0.3, -0.25) is 9.36 Å². The molecular formula is C25H26N4O4. The maximum absolute atomic E-state index is 12.6. The SMILES string of the molecule is Cn1c(=O)oc2ccc(-c3ccc(CC(C#N)NC(=O)C4CNC5(CCC5)CO4)cc3)cc21. The number of hydrogen-bond donors (Lipinski definition) is 2. The number of nitriles is 1. The van der Waals surface area contributed by atoms with E-state index in [1.54, 1.807) is 13.1 Å². The molecule has 1 amide bonds. The number of hydrogen-bond acceptors (Lipinski definition) is 6. The quantitative estimate of drug-likeness (QED) is 0.622. The van der Waals surface area contributed by atoms with E-state index in [0.29, 0.717) is 25.2 Å². The van der Waals surface area contributed by atoms with Crippen molar-refractivity contribution in [3.63, 3.8) is 0 Å². The van der Waals surface area contributed by atoms with Gasteiger partial charge in [0.1, 0.15) is 12.1 Å². The lowest BCUT2D eigenvalue weighted by Crippen LogP contribution is -2.63. The fourth-order valence-corrected chi connectivity index (χ4v) is 4.54. The van der Waals surface area contributed by atoms with Crippen molar-refractivity contribution in [3.05, 3.63) is 58.6 Å². The van der Waals surface area contributed by atoms with Crippen molar-refractivity contribution in [1.82, 2.24) is 15.2 Å². The molecule has 0 bridgehead atoms. The van der Waals surface area contributed by atoms with Crippen molar-refractivity contribution in [2.75, 3.05) is 13.2 Å². The van der Waals surface area contributed by atoms with Gasteiger partial charge in [0.05, 0.1) is 18.2 Å². The van der Waals surface area contributed by atoms with Gasteiger partial charge < -0.3 is 19.8 Å². The van der Waals surface area contributed by atoms with Crippen molar-refractivity contribution in [2.45, 2.75) is 43.4 Å². The number of morpholine rings is 1. The molecule has 2 aliphatic rings. The summed E-state index contributed by atoms with van der Waals surface area (Å²) in [5.41, 5.74) is 4.23. The standard InChI is InChI=1S/C25H26N4O4/c1-29-20-12-18(7-8-21(20)33-24(29)31)17-5-3-16(4-6-17)11-19(13-26)28-23(30)22-14-27-25(15-32-22)9-2-10-25/h3-8,12,19,22,27H,2,9-11,14-15H2,1H3,(H,28,30). The van der Waals surface area contributed by atoms with Gasteiger partial charge in [0, 0.05) is 25.6 Å². The van der Waals surface area contributed by atoms with E-state index in [2.05, 4.69) is 16.7 Å². The molecule has 2 fully saturated rings. The largest absolute Gasteiger partial charge is 0.419 e. The molecule has 5 rings (SSSR count). The number of rotatable bonds is 5. The third kappa shape index (κ3) is 4.17. The Balaban J connectivity index is 1.22. The maximum Gasteiger partial charge on any atom is 0.419 e. The van der Waals surface area contributed by atoms with Crippen molar-refractivity contribution >= 4 is 17.0 Å². The highest BCUT2D eigenvalue weighted by molar-refractivity contribution is 5.82. The van der Waals surface area contributed by atoms with Crippen LogP contribution >= 0.6 is 0 Å². The van der Waals surface area contributed by atoms with E-state index >= 15 is 0 Å². The van der Waals surface area contributed by atoms with Crippen LogP contribution in [0.3, 0.4) is 0 Å². The number of ether oxygens (including phenoxy) is 1. The Morgan fingerprint density at radius 1 is 1.27 bits per heavy atom. The minimum Gasteiger partial charge on any atom is -0.408 e. The summed E-state index contributed by atoms with van der Waals surface area (Å²) in [5.74, 6) is -0.641. The summed E-state index contributed by atoms with van der Waals surface area (Å²) >= 11 is 0. The van der Waals surface area contributed by atoms with Crippen LogP contribution in [0.2, 0.25) is 0 Å². The molecule has 3 aromatic rings. The summed E-state index contributed by atoms with van der Waals surface area (Å²) in [6.07, 6.45) is 3.21. The number of benzene rings is 2. The number of oxazole rings is 1. The normalized spacial score (nSPS) is 20.2. The Kier molecular flexibility index (Phi) is 5.52. The van der Waals surface area contributed by atoms with E-state index in [4.69, 9.17) is 9.15 Å². The summed E-state index contributed by atoms with van der Waals surface area (Å²) in [7, 11) is 1.68. The van der Waals surface area contributed by atoms with Gasteiger partial charge in [0.25, 0.3) is 5.91 Å². The fourth-order valence-electron chi connectivity index (χ4n) is 4.54. The predicted octanol–water partition coefficient (Wildman–Crippen LogP) is 2.26. The van der Waals surface area contributed by atoms with Gasteiger partial charge in [-0.2, -0.15) is 5.26 Å². The number of carbonyl (C=O) groups is 1. The Labute approximate surface area is 191 Å². The van der Waals surface area contributed by atoms with Crippen LogP contribution in [0.4, 0.5) is 0 Å². The second-order valence-corrected chi connectivity index (χ2v) is 9.02. The van der Waals surface area contributed by atoms with Crippen LogP contribution in [0.1, 0.15) is 24.8 Å². The van der Waals surface area contributed by atoms with Crippen LogP contribution in [0, 0.1) is 11.3 Å². The zero-order valence-electron chi connectivity index (χ0n) is 18.5. The molecule has 2 N–H and O–H groups in total. The third-order valence-electron chi connectivity index (χ3n) is 6.82. The van der Waals surface area contributed by atoms with Crippen LogP contribution in [0.5, 0.6) is 0 Å². The van der Waals surface area contributed by atoms with E-state index in [1.807, 2.05) is 36.4 Å². The molecule has 1 saturated heterocycles. The zero-order chi connectivity index (χ0) is 23.0. The molecular weight excluding hydrogens is 420 g/mol. The lowest BCUT2D eigenvalue weighted by molar-refractivity contribution is -0.141. The highest BCUT2D eigenvalue weighted by atomic mass is 16.5. The molecule has 1 aliphatic heterocycles. The fraction of sp³-hybridized carbons (Fsp3) is 0.400. The Bertz CT molecular complexity index is 1270. The average molecular weight is 447 g/mol. The van der Waals surface area contributed by atoms with Crippen LogP contribution in [0.15, 0.2) is 51.7 Å². The van der Waals surface area contributed by atoms with Crippen molar-refractivity contribution in [2.24, 2.45) is 7.05 Å². The molecule has 33 heavy (non-hydrogen) atoms. The highest BCUT2D eigenvalue weighted by Crippen LogP contribution is 2.34. The first-order valence-electron chi connectivity index (χ1n) is 11.2. The number of nitrogens with one attached hydrogen (secondary N) is 2. The Hall–Kier alpha value is -3.41. The van der Waals surface area contributed by atoms with Crippen LogP contribution < -0.4 is 16.4 Å². The van der Waals surface area contributed by atoms with Gasteiger partial charge in [-0.05, 0) is 48.1 Å². The molecule has 2 aromatic carbocycles. The first-order valence-corrected chi connectivity index (χ1v) is 11.2. The highest BCUT2D eigenvalue weighted by Gasteiger charge is 2.42. The van der Waals surface area contributed by atoms with Gasteiger partial charge in [-0.1, -0.05) is 30.3 Å². The number of aromatic nitrogens is 1. The van der Waals surface area contributed by atoms with Gasteiger partial charge in [-0.25, -0.2) is 4.79 Å². The summed E-state index contributed by atoms with van der Waals surface area (Å²) in [5, 5.41) is 15.8. The smallest absolute Gasteiger partial charge is 0.408 e. The topological polar surface area (TPSA) is 109 Å². The molecule has 1 spiro atoms. The minimum atomic E-state index is -0.636. The molecule has 2 heterocycles. The zero-order valence-corrected chi connectivity index (χ0v) is 18.5. The number of carbonyl (C=O) groups excluding carboxylic acids is 1. The predicted molar refractivity (Wildman–Crippen MR) is 122 cm³/mol. The number of fused-ring (bicyclic) bond motifs is 1. The molecule has 8 nitrogen and oxygen atoms in total. The minimum absolute atomic E-state index is 0.0595. The van der Waals surface area contributed by atoms with E-state index < -0.39 is 12.1 Å². The molecule has 1 aliphatic carbocycles. The molecule has 0 radical (unpaired) electrons. The van der Waals surface area contributed by atoms with Gasteiger partial charge in [0.15, 0.2) is 5.58 Å². The lowest BCUT2D eigenvalue weighted by Gasteiger charge is -2.47. The van der Waals surface area contributed by atoms with E-state index in [0.717, 1.165) is 35.0 Å². The molecule has 1 saturated carbocycles. The second-order valence-electron chi connectivity index (χ2n) is 9.02. The molecule has 1 aromatic heterocycles. The molecule has 2 unspecified atom stereocenters. The lowest BCUT2D eigenvalue weighted by atomic mass is 9.76. The first-order chi connectivity index (χ1) is 16.0.